The fourth-order valence-corrected chi connectivity index (χ4v) is 1.74. The summed E-state index contributed by atoms with van der Waals surface area (Å²) in [4.78, 5) is 0. The molecule has 1 N–H and O–H groups in total. The Kier molecular flexibility index (Phi) is 2.96. The maximum Gasteiger partial charge on any atom is 0.264 e. The molecule has 4 heteroatoms. The van der Waals surface area contributed by atoms with E-state index in [2.05, 4.69) is 0 Å². The zero-order chi connectivity index (χ0) is 8.27. The maximum atomic E-state index is 12.1. The molecule has 1 nitrogen and oxygen atoms in total. The number of alkyl halides is 2. The lowest BCUT2D eigenvalue weighted by molar-refractivity contribution is 0.150. The number of thiophene rings is 1. The van der Waals surface area contributed by atoms with E-state index in [-0.39, 0.29) is 12.2 Å². The topological polar surface area (TPSA) is 20.2 Å². The molecule has 0 saturated carbocycles. The van der Waals surface area contributed by atoms with E-state index < -0.39 is 6.43 Å². The van der Waals surface area contributed by atoms with Crippen LogP contribution < -0.4 is 0 Å². The number of halogens is 2. The van der Waals surface area contributed by atoms with Crippen molar-refractivity contribution in [2.24, 2.45) is 0 Å². The van der Waals surface area contributed by atoms with Crippen molar-refractivity contribution in [3.8, 4) is 0 Å². The number of aliphatic hydroxyl groups is 1. The molecule has 0 aromatic carbocycles. The quantitative estimate of drug-likeness (QED) is 0.752. The van der Waals surface area contributed by atoms with Gasteiger partial charge in [-0.15, -0.1) is 0 Å². The van der Waals surface area contributed by atoms with Gasteiger partial charge in [-0.05, 0) is 22.7 Å². The average molecular weight is 178 g/mol. The second-order valence-electron chi connectivity index (χ2n) is 2.13. The molecule has 0 spiro atoms. The molecule has 0 radical (unpaired) electrons. The van der Waals surface area contributed by atoms with E-state index in [4.69, 9.17) is 5.11 Å². The van der Waals surface area contributed by atoms with Crippen molar-refractivity contribution >= 4 is 11.3 Å². The van der Waals surface area contributed by atoms with Crippen LogP contribution in [0.15, 0.2) is 10.8 Å². The summed E-state index contributed by atoms with van der Waals surface area (Å²) >= 11 is 1.24. The highest BCUT2D eigenvalue weighted by Crippen LogP contribution is 2.26. The van der Waals surface area contributed by atoms with E-state index in [9.17, 15) is 8.78 Å². The van der Waals surface area contributed by atoms with Gasteiger partial charge in [0.05, 0.1) is 0 Å². The SMILES string of the molecule is OCCc1cscc1C(F)F. The van der Waals surface area contributed by atoms with Crippen LogP contribution in [0.5, 0.6) is 0 Å². The molecule has 0 aliphatic rings. The first-order valence-electron chi connectivity index (χ1n) is 3.19. The normalized spacial score (nSPS) is 10.9. The minimum atomic E-state index is -2.41. The molecule has 0 unspecified atom stereocenters. The summed E-state index contributed by atoms with van der Waals surface area (Å²) in [6, 6.07) is 0. The number of hydrogen-bond acceptors (Lipinski definition) is 2. The highest BCUT2D eigenvalue weighted by atomic mass is 32.1. The number of aliphatic hydroxyl groups excluding tert-OH is 1. The van der Waals surface area contributed by atoms with Crippen LogP contribution >= 0.6 is 11.3 Å². The number of hydrogen-bond donors (Lipinski definition) is 1. The summed E-state index contributed by atoms with van der Waals surface area (Å²) in [6.45, 7) is -0.0730. The maximum absolute atomic E-state index is 12.1. The first-order chi connectivity index (χ1) is 5.25. The van der Waals surface area contributed by atoms with E-state index in [1.165, 1.54) is 16.7 Å². The van der Waals surface area contributed by atoms with Crippen molar-refractivity contribution in [2.45, 2.75) is 12.8 Å². The van der Waals surface area contributed by atoms with Crippen molar-refractivity contribution in [2.75, 3.05) is 6.61 Å². The van der Waals surface area contributed by atoms with Crippen molar-refractivity contribution in [1.82, 2.24) is 0 Å². The van der Waals surface area contributed by atoms with Gasteiger partial charge in [-0.3, -0.25) is 0 Å². The summed E-state index contributed by atoms with van der Waals surface area (Å²) < 4.78 is 24.2. The Balaban J connectivity index is 2.78. The summed E-state index contributed by atoms with van der Waals surface area (Å²) in [6.07, 6.45) is -2.09. The van der Waals surface area contributed by atoms with E-state index >= 15 is 0 Å². The van der Waals surface area contributed by atoms with Gasteiger partial charge in [0, 0.05) is 12.2 Å². The summed E-state index contributed by atoms with van der Waals surface area (Å²) in [5.74, 6) is 0. The van der Waals surface area contributed by atoms with Gasteiger partial charge in [0.2, 0.25) is 0 Å². The molecule has 11 heavy (non-hydrogen) atoms. The van der Waals surface area contributed by atoms with Gasteiger partial charge in [0.25, 0.3) is 6.43 Å². The van der Waals surface area contributed by atoms with E-state index in [1.807, 2.05) is 0 Å². The first kappa shape index (κ1) is 8.62. The van der Waals surface area contributed by atoms with Crippen molar-refractivity contribution in [3.05, 3.63) is 21.9 Å². The molecule has 62 valence electrons. The standard InChI is InChI=1S/C7H8F2OS/c8-7(9)6-4-11-3-5(6)1-2-10/h3-4,7,10H,1-2H2. The predicted molar refractivity (Wildman–Crippen MR) is 40.1 cm³/mol. The minimum Gasteiger partial charge on any atom is -0.396 e. The van der Waals surface area contributed by atoms with Gasteiger partial charge in [-0.25, -0.2) is 8.78 Å². The summed E-state index contributed by atoms with van der Waals surface area (Å²) in [7, 11) is 0. The highest BCUT2D eigenvalue weighted by molar-refractivity contribution is 7.08. The highest BCUT2D eigenvalue weighted by Gasteiger charge is 2.12. The van der Waals surface area contributed by atoms with Crippen LogP contribution in [0.1, 0.15) is 17.6 Å². The van der Waals surface area contributed by atoms with Crippen molar-refractivity contribution in [3.63, 3.8) is 0 Å². The molecule has 0 fully saturated rings. The van der Waals surface area contributed by atoms with Crippen LogP contribution in [0.2, 0.25) is 0 Å². The van der Waals surface area contributed by atoms with Crippen LogP contribution in [0.4, 0.5) is 8.78 Å². The Morgan fingerprint density at radius 1 is 1.45 bits per heavy atom. The molecule has 0 aliphatic carbocycles. The lowest BCUT2D eigenvalue weighted by Crippen LogP contribution is -1.93. The van der Waals surface area contributed by atoms with Crippen LogP contribution in [0.3, 0.4) is 0 Å². The van der Waals surface area contributed by atoms with E-state index in [0.717, 1.165) is 0 Å². The molecule has 1 heterocycles. The average Bonchev–Trinajstić information content (AvgIpc) is 2.36. The number of rotatable bonds is 3. The van der Waals surface area contributed by atoms with Gasteiger partial charge >= 0.3 is 0 Å². The Morgan fingerprint density at radius 2 is 2.18 bits per heavy atom. The largest absolute Gasteiger partial charge is 0.396 e. The van der Waals surface area contributed by atoms with Gasteiger partial charge in [-0.1, -0.05) is 0 Å². The van der Waals surface area contributed by atoms with Crippen LogP contribution in [0, 0.1) is 0 Å². The summed E-state index contributed by atoms with van der Waals surface area (Å²) in [5.41, 5.74) is 0.622. The zero-order valence-corrected chi connectivity index (χ0v) is 6.57. The molecule has 1 aromatic heterocycles. The van der Waals surface area contributed by atoms with Gasteiger partial charge in [0.15, 0.2) is 0 Å². The molecule has 1 rings (SSSR count). The first-order valence-corrected chi connectivity index (χ1v) is 4.14. The van der Waals surface area contributed by atoms with Crippen molar-refractivity contribution < 1.29 is 13.9 Å². The van der Waals surface area contributed by atoms with Crippen LogP contribution in [-0.4, -0.2) is 11.7 Å². The molecule has 0 saturated heterocycles. The summed E-state index contributed by atoms with van der Waals surface area (Å²) in [5, 5.41) is 11.6. The Bertz CT molecular complexity index is 222. The predicted octanol–water partition coefficient (Wildman–Crippen LogP) is 2.22. The van der Waals surface area contributed by atoms with E-state index in [1.54, 1.807) is 5.38 Å². The second-order valence-corrected chi connectivity index (χ2v) is 2.87. The molecular weight excluding hydrogens is 170 g/mol. The zero-order valence-electron chi connectivity index (χ0n) is 5.76. The van der Waals surface area contributed by atoms with Crippen LogP contribution in [-0.2, 0) is 6.42 Å². The minimum absolute atomic E-state index is 0.0593. The Labute approximate surface area is 67.3 Å². The van der Waals surface area contributed by atoms with Gasteiger partial charge in [0.1, 0.15) is 0 Å². The van der Waals surface area contributed by atoms with Crippen molar-refractivity contribution in [1.29, 1.82) is 0 Å². The lowest BCUT2D eigenvalue weighted by atomic mass is 10.1. The molecular formula is C7H8F2OS. The lowest BCUT2D eigenvalue weighted by Gasteiger charge is -1.99. The van der Waals surface area contributed by atoms with Crippen LogP contribution in [0.25, 0.3) is 0 Å². The molecule has 1 aromatic rings. The smallest absolute Gasteiger partial charge is 0.264 e. The monoisotopic (exact) mass is 178 g/mol. The van der Waals surface area contributed by atoms with Gasteiger partial charge < -0.3 is 5.11 Å². The van der Waals surface area contributed by atoms with E-state index in [0.29, 0.717) is 12.0 Å². The molecule has 0 atom stereocenters. The third-order valence-electron chi connectivity index (χ3n) is 1.39. The molecule has 0 amide bonds. The fourth-order valence-electron chi connectivity index (χ4n) is 0.848. The fraction of sp³-hybridized carbons (Fsp3) is 0.429. The third-order valence-corrected chi connectivity index (χ3v) is 2.20. The Hall–Kier alpha value is -0.480. The second kappa shape index (κ2) is 3.78. The Morgan fingerprint density at radius 3 is 2.73 bits per heavy atom. The molecule has 0 bridgehead atoms. The molecule has 0 aliphatic heterocycles. The third kappa shape index (κ3) is 1.97. The van der Waals surface area contributed by atoms with Gasteiger partial charge in [-0.2, -0.15) is 11.3 Å².